The maximum atomic E-state index is 13.6. The third kappa shape index (κ3) is 5.31. The lowest BCUT2D eigenvalue weighted by atomic mass is 10.1. The largest absolute Gasteiger partial charge is 0.493 e. The van der Waals surface area contributed by atoms with Crippen molar-refractivity contribution < 1.29 is 22.6 Å². The first kappa shape index (κ1) is 26.7. The molecule has 2 aromatic heterocycles. The molecule has 5 aromatic rings. The molecule has 0 aliphatic heterocycles. The van der Waals surface area contributed by atoms with Gasteiger partial charge in [-0.05, 0) is 85.3 Å². The van der Waals surface area contributed by atoms with Gasteiger partial charge < -0.3 is 9.47 Å². The summed E-state index contributed by atoms with van der Waals surface area (Å²) in [6.45, 7) is 0.123. The number of imidazole rings is 1. The molecule has 0 amide bonds. The topological polar surface area (TPSA) is 58.3 Å². The van der Waals surface area contributed by atoms with Crippen LogP contribution in [0.3, 0.4) is 0 Å². The highest BCUT2D eigenvalue weighted by Gasteiger charge is 2.30. The number of ether oxygens (including phenoxy) is 2. The van der Waals surface area contributed by atoms with Crippen molar-refractivity contribution >= 4 is 11.0 Å². The van der Waals surface area contributed by atoms with Gasteiger partial charge in [0.25, 0.3) is 0 Å². The Morgan fingerprint density at radius 1 is 0.878 bits per heavy atom. The summed E-state index contributed by atoms with van der Waals surface area (Å²) in [6, 6.07) is 21.6. The summed E-state index contributed by atoms with van der Waals surface area (Å²) in [4.78, 5) is 18.3. The Hall–Kier alpha value is -4.53. The minimum Gasteiger partial charge on any atom is -0.493 e. The molecule has 6 nitrogen and oxygen atoms in total. The van der Waals surface area contributed by atoms with Gasteiger partial charge in [0.05, 0.1) is 36.4 Å². The van der Waals surface area contributed by atoms with Crippen molar-refractivity contribution in [2.75, 3.05) is 7.11 Å². The third-order valence-electron chi connectivity index (χ3n) is 7.53. The molecule has 9 heteroatoms. The molecule has 6 rings (SSSR count). The van der Waals surface area contributed by atoms with Crippen molar-refractivity contribution in [3.8, 4) is 28.4 Å². The molecule has 0 bridgehead atoms. The van der Waals surface area contributed by atoms with E-state index in [1.165, 1.54) is 16.7 Å². The van der Waals surface area contributed by atoms with Crippen molar-refractivity contribution in [3.63, 3.8) is 0 Å². The zero-order valence-corrected chi connectivity index (χ0v) is 22.4. The summed E-state index contributed by atoms with van der Waals surface area (Å²) in [7, 11) is 1.62. The maximum Gasteiger partial charge on any atom is 0.416 e. The lowest BCUT2D eigenvalue weighted by molar-refractivity contribution is -0.137. The minimum absolute atomic E-state index is 0.123. The van der Waals surface area contributed by atoms with Gasteiger partial charge in [-0.3, -0.25) is 4.57 Å². The highest BCUT2D eigenvalue weighted by atomic mass is 19.4. The van der Waals surface area contributed by atoms with E-state index in [2.05, 4.69) is 4.98 Å². The fourth-order valence-electron chi connectivity index (χ4n) is 5.39. The van der Waals surface area contributed by atoms with Gasteiger partial charge in [-0.15, -0.1) is 0 Å². The number of halogens is 3. The minimum atomic E-state index is -4.42. The fourth-order valence-corrected chi connectivity index (χ4v) is 5.39. The molecular weight excluding hydrogens is 531 g/mol. The molecule has 3 aromatic carbocycles. The quantitative estimate of drug-likeness (QED) is 0.211. The van der Waals surface area contributed by atoms with Gasteiger partial charge in [0.1, 0.15) is 5.82 Å². The van der Waals surface area contributed by atoms with Gasteiger partial charge in [0.2, 0.25) is 0 Å². The van der Waals surface area contributed by atoms with E-state index >= 15 is 0 Å². The first-order valence-electron chi connectivity index (χ1n) is 13.5. The molecular formula is C32H28F3N3O3. The van der Waals surface area contributed by atoms with Gasteiger partial charge in [0, 0.05) is 11.8 Å². The Morgan fingerprint density at radius 2 is 1.59 bits per heavy atom. The van der Waals surface area contributed by atoms with Gasteiger partial charge in [0.15, 0.2) is 11.5 Å². The second-order valence-corrected chi connectivity index (χ2v) is 10.2. The number of rotatable bonds is 7. The molecule has 210 valence electrons. The zero-order chi connectivity index (χ0) is 28.6. The molecule has 0 radical (unpaired) electrons. The van der Waals surface area contributed by atoms with Crippen LogP contribution in [0.5, 0.6) is 11.5 Å². The van der Waals surface area contributed by atoms with Crippen LogP contribution in [0.1, 0.15) is 36.8 Å². The molecule has 1 fully saturated rings. The Bertz CT molecular complexity index is 1730. The van der Waals surface area contributed by atoms with E-state index in [-0.39, 0.29) is 18.3 Å². The SMILES string of the molecule is COc1ccc(-c2ccc(-n3c(=O)n(Cc4ccc(C(F)(F)F)cc4)c4ccccc43)nc2)cc1OC1CCCC1. The zero-order valence-electron chi connectivity index (χ0n) is 22.4. The second kappa shape index (κ2) is 10.8. The number of alkyl halides is 3. The molecule has 41 heavy (non-hydrogen) atoms. The molecule has 1 aliphatic carbocycles. The highest BCUT2D eigenvalue weighted by Crippen LogP contribution is 2.35. The van der Waals surface area contributed by atoms with E-state index in [4.69, 9.17) is 9.47 Å². The smallest absolute Gasteiger partial charge is 0.416 e. The number of benzene rings is 3. The van der Waals surface area contributed by atoms with Crippen molar-refractivity contribution in [2.24, 2.45) is 0 Å². The van der Waals surface area contributed by atoms with Gasteiger partial charge in [-0.2, -0.15) is 13.2 Å². The van der Waals surface area contributed by atoms with Crippen LogP contribution in [0.4, 0.5) is 13.2 Å². The summed E-state index contributed by atoms with van der Waals surface area (Å²) in [5.41, 5.74) is 2.61. The number of hydrogen-bond acceptors (Lipinski definition) is 4. The highest BCUT2D eigenvalue weighted by molar-refractivity contribution is 5.78. The van der Waals surface area contributed by atoms with E-state index in [9.17, 15) is 18.0 Å². The summed E-state index contributed by atoms with van der Waals surface area (Å²) < 4.78 is 53.8. The van der Waals surface area contributed by atoms with Crippen molar-refractivity contribution in [1.82, 2.24) is 14.1 Å². The van der Waals surface area contributed by atoms with Crippen LogP contribution in [-0.4, -0.2) is 27.3 Å². The summed E-state index contributed by atoms with van der Waals surface area (Å²) in [5, 5.41) is 0. The van der Waals surface area contributed by atoms with Gasteiger partial charge in [-0.1, -0.05) is 30.3 Å². The van der Waals surface area contributed by atoms with Crippen LogP contribution >= 0.6 is 0 Å². The lowest BCUT2D eigenvalue weighted by Crippen LogP contribution is -2.24. The van der Waals surface area contributed by atoms with Gasteiger partial charge in [-0.25, -0.2) is 14.3 Å². The molecule has 0 unspecified atom stereocenters. The van der Waals surface area contributed by atoms with E-state index in [1.807, 2.05) is 48.5 Å². The van der Waals surface area contributed by atoms with Crippen molar-refractivity contribution in [3.05, 3.63) is 107 Å². The predicted octanol–water partition coefficient (Wildman–Crippen LogP) is 7.25. The number of pyridine rings is 1. The number of fused-ring (bicyclic) bond motifs is 1. The van der Waals surface area contributed by atoms with E-state index in [0.717, 1.165) is 48.9 Å². The number of nitrogens with zero attached hydrogens (tertiary/aromatic N) is 3. The van der Waals surface area contributed by atoms with Crippen molar-refractivity contribution in [2.45, 2.75) is 44.5 Å². The van der Waals surface area contributed by atoms with E-state index in [0.29, 0.717) is 33.9 Å². The Labute approximate surface area is 234 Å². The first-order chi connectivity index (χ1) is 19.8. The number of aromatic nitrogens is 3. The molecule has 2 heterocycles. The Morgan fingerprint density at radius 3 is 2.24 bits per heavy atom. The lowest BCUT2D eigenvalue weighted by Gasteiger charge is -2.17. The second-order valence-electron chi connectivity index (χ2n) is 10.2. The summed E-state index contributed by atoms with van der Waals surface area (Å²) in [5.74, 6) is 1.82. The summed E-state index contributed by atoms with van der Waals surface area (Å²) >= 11 is 0. The van der Waals surface area contributed by atoms with Crippen LogP contribution in [-0.2, 0) is 12.7 Å². The molecule has 1 saturated carbocycles. The molecule has 1 aliphatic rings. The first-order valence-corrected chi connectivity index (χ1v) is 13.5. The van der Waals surface area contributed by atoms with E-state index < -0.39 is 11.7 Å². The summed E-state index contributed by atoms with van der Waals surface area (Å²) in [6.07, 6.45) is 1.88. The predicted molar refractivity (Wildman–Crippen MR) is 151 cm³/mol. The van der Waals surface area contributed by atoms with Crippen LogP contribution < -0.4 is 15.2 Å². The average Bonchev–Trinajstić information content (AvgIpc) is 3.59. The van der Waals surface area contributed by atoms with Gasteiger partial charge >= 0.3 is 11.9 Å². The average molecular weight is 560 g/mol. The third-order valence-corrected chi connectivity index (χ3v) is 7.53. The standard InChI is InChI=1S/C32H28F3N3O3/c1-40-28-16-12-22(18-29(28)41-25-6-2-3-7-25)23-13-17-30(36-19-23)38-27-9-5-4-8-26(27)37(31(38)39)20-21-10-14-24(15-11-21)32(33,34)35/h4-5,8-19,25H,2-3,6-7,20H2,1H3. The molecule has 0 spiro atoms. The number of para-hydroxylation sites is 2. The normalized spacial score (nSPS) is 14.0. The van der Waals surface area contributed by atoms with Crippen LogP contribution in [0, 0.1) is 0 Å². The molecule has 0 saturated heterocycles. The van der Waals surface area contributed by atoms with Crippen LogP contribution in [0.2, 0.25) is 0 Å². The molecule has 0 atom stereocenters. The van der Waals surface area contributed by atoms with Crippen LogP contribution in [0.15, 0.2) is 89.9 Å². The van der Waals surface area contributed by atoms with E-state index in [1.54, 1.807) is 23.9 Å². The van der Waals surface area contributed by atoms with Crippen LogP contribution in [0.25, 0.3) is 28.0 Å². The number of methoxy groups -OCH3 is 1. The Kier molecular flexibility index (Phi) is 7.03. The monoisotopic (exact) mass is 559 g/mol. The molecule has 0 N–H and O–H groups in total. The van der Waals surface area contributed by atoms with Crippen molar-refractivity contribution in [1.29, 1.82) is 0 Å². The Balaban J connectivity index is 1.32. The number of hydrogen-bond donors (Lipinski definition) is 0. The maximum absolute atomic E-state index is 13.6. The fraction of sp³-hybridized carbons (Fsp3) is 0.250.